The Morgan fingerprint density at radius 3 is 2.32 bits per heavy atom. The van der Waals surface area contributed by atoms with Crippen LogP contribution in [0.4, 0.5) is 11.4 Å². The summed E-state index contributed by atoms with van der Waals surface area (Å²) < 4.78 is 0. The Labute approximate surface area is 134 Å². The van der Waals surface area contributed by atoms with Gasteiger partial charge in [0.25, 0.3) is 0 Å². The second kappa shape index (κ2) is 7.61. The van der Waals surface area contributed by atoms with Crippen molar-refractivity contribution in [1.82, 2.24) is 0 Å². The average molecular weight is 317 g/mol. The van der Waals surface area contributed by atoms with E-state index in [2.05, 4.69) is 5.32 Å². The minimum Gasteiger partial charge on any atom is -0.326 e. The van der Waals surface area contributed by atoms with Crippen molar-refractivity contribution in [3.63, 3.8) is 0 Å². The predicted molar refractivity (Wildman–Crippen MR) is 89.2 cm³/mol. The smallest absolute Gasteiger partial charge is 0.226 e. The van der Waals surface area contributed by atoms with Gasteiger partial charge in [-0.3, -0.25) is 9.59 Å². The molecule has 0 spiro atoms. The lowest BCUT2D eigenvalue weighted by Crippen LogP contribution is -2.32. The van der Waals surface area contributed by atoms with Crippen molar-refractivity contribution in [3.8, 4) is 0 Å². The second-order valence-electron chi connectivity index (χ2n) is 4.79. The van der Waals surface area contributed by atoms with Gasteiger partial charge in [-0.15, -0.1) is 0 Å². The monoisotopic (exact) mass is 316 g/mol. The molecule has 0 bridgehead atoms. The van der Waals surface area contributed by atoms with Crippen LogP contribution < -0.4 is 10.2 Å². The summed E-state index contributed by atoms with van der Waals surface area (Å²) in [6, 6.07) is 16.3. The first-order valence-electron chi connectivity index (χ1n) is 6.95. The first kappa shape index (κ1) is 16.0. The molecule has 0 fully saturated rings. The molecule has 2 aromatic rings. The van der Waals surface area contributed by atoms with Gasteiger partial charge in [0, 0.05) is 25.6 Å². The van der Waals surface area contributed by atoms with E-state index in [0.29, 0.717) is 10.7 Å². The summed E-state index contributed by atoms with van der Waals surface area (Å²) in [5.74, 6) is -0.301. The van der Waals surface area contributed by atoms with Crippen molar-refractivity contribution in [1.29, 1.82) is 0 Å². The highest BCUT2D eigenvalue weighted by Gasteiger charge is 2.15. The van der Waals surface area contributed by atoms with Gasteiger partial charge in [0.05, 0.1) is 10.7 Å². The van der Waals surface area contributed by atoms with Crippen LogP contribution in [-0.2, 0) is 9.59 Å². The lowest BCUT2D eigenvalue weighted by molar-refractivity contribution is -0.117. The van der Waals surface area contributed by atoms with Gasteiger partial charge in [0.2, 0.25) is 11.8 Å². The van der Waals surface area contributed by atoms with Crippen molar-refractivity contribution in [2.45, 2.75) is 13.3 Å². The van der Waals surface area contributed by atoms with Gasteiger partial charge in [0.1, 0.15) is 0 Å². The zero-order valence-electron chi connectivity index (χ0n) is 12.3. The highest BCUT2D eigenvalue weighted by Crippen LogP contribution is 2.25. The second-order valence-corrected chi connectivity index (χ2v) is 5.19. The van der Waals surface area contributed by atoms with Crippen molar-refractivity contribution in [2.24, 2.45) is 0 Å². The van der Waals surface area contributed by atoms with Crippen LogP contribution in [0.3, 0.4) is 0 Å². The number of halogens is 1. The normalized spacial score (nSPS) is 10.1. The number of benzene rings is 2. The highest BCUT2D eigenvalue weighted by molar-refractivity contribution is 6.33. The summed E-state index contributed by atoms with van der Waals surface area (Å²) in [5.41, 5.74) is 1.35. The van der Waals surface area contributed by atoms with Crippen LogP contribution in [0.5, 0.6) is 0 Å². The van der Waals surface area contributed by atoms with Crippen molar-refractivity contribution in [2.75, 3.05) is 16.8 Å². The van der Waals surface area contributed by atoms with Crippen LogP contribution in [0.1, 0.15) is 13.3 Å². The fourth-order valence-corrected chi connectivity index (χ4v) is 2.31. The minimum absolute atomic E-state index is 0.149. The molecule has 0 aliphatic rings. The summed E-state index contributed by atoms with van der Waals surface area (Å²) in [6.07, 6.45) is 0.194. The summed E-state index contributed by atoms with van der Waals surface area (Å²) in [4.78, 5) is 25.3. The van der Waals surface area contributed by atoms with Crippen LogP contribution in [0.2, 0.25) is 5.02 Å². The molecule has 1 N–H and O–H groups in total. The quantitative estimate of drug-likeness (QED) is 0.914. The summed E-state index contributed by atoms with van der Waals surface area (Å²) >= 11 is 6.11. The minimum atomic E-state index is -0.152. The maximum Gasteiger partial charge on any atom is 0.226 e. The molecule has 4 nitrogen and oxygen atoms in total. The Hall–Kier alpha value is -2.33. The lowest BCUT2D eigenvalue weighted by Gasteiger charge is -2.22. The first-order chi connectivity index (χ1) is 10.6. The number of carbonyl (C=O) groups excluding carboxylic acids is 2. The van der Waals surface area contributed by atoms with Gasteiger partial charge < -0.3 is 10.2 Å². The molecule has 0 heterocycles. The van der Waals surface area contributed by atoms with Crippen molar-refractivity contribution in [3.05, 3.63) is 59.6 Å². The van der Waals surface area contributed by atoms with Crippen LogP contribution in [0.15, 0.2) is 54.6 Å². The molecular formula is C17H17ClN2O2. The maximum absolute atomic E-state index is 12.0. The van der Waals surface area contributed by atoms with Gasteiger partial charge in [-0.1, -0.05) is 41.9 Å². The van der Waals surface area contributed by atoms with Crippen LogP contribution in [0.25, 0.3) is 0 Å². The number of hydrogen-bond acceptors (Lipinski definition) is 2. The molecule has 0 atom stereocenters. The van der Waals surface area contributed by atoms with E-state index in [1.165, 1.54) is 11.8 Å². The third-order valence-electron chi connectivity index (χ3n) is 3.14. The molecule has 2 amide bonds. The number of rotatable bonds is 5. The molecule has 0 saturated heterocycles. The molecule has 5 heteroatoms. The fraction of sp³-hybridized carbons (Fsp3) is 0.176. The van der Waals surface area contributed by atoms with E-state index in [-0.39, 0.29) is 24.8 Å². The lowest BCUT2D eigenvalue weighted by atomic mass is 10.2. The number of amides is 2. The van der Waals surface area contributed by atoms with Gasteiger partial charge in [-0.25, -0.2) is 0 Å². The number of nitrogens with zero attached hydrogens (tertiary/aromatic N) is 1. The molecule has 0 aliphatic carbocycles. The van der Waals surface area contributed by atoms with Crippen molar-refractivity contribution >= 4 is 34.8 Å². The van der Waals surface area contributed by atoms with Gasteiger partial charge in [-0.2, -0.15) is 0 Å². The highest BCUT2D eigenvalue weighted by atomic mass is 35.5. The molecule has 0 unspecified atom stereocenters. The van der Waals surface area contributed by atoms with Gasteiger partial charge in [0.15, 0.2) is 0 Å². The molecular weight excluding hydrogens is 300 g/mol. The van der Waals surface area contributed by atoms with Gasteiger partial charge >= 0.3 is 0 Å². The van der Waals surface area contributed by atoms with Crippen LogP contribution in [0, 0.1) is 0 Å². The van der Waals surface area contributed by atoms with E-state index in [1.54, 1.807) is 24.3 Å². The zero-order chi connectivity index (χ0) is 15.9. The Bertz CT molecular complexity index is 659. The molecule has 0 aromatic heterocycles. The molecule has 0 aliphatic heterocycles. The first-order valence-corrected chi connectivity index (χ1v) is 7.33. The molecule has 2 rings (SSSR count). The van der Waals surface area contributed by atoms with E-state index in [1.807, 2.05) is 30.3 Å². The van der Waals surface area contributed by atoms with Crippen LogP contribution in [-0.4, -0.2) is 18.4 Å². The largest absolute Gasteiger partial charge is 0.326 e. The SMILES string of the molecule is CC(=O)N(CCC(=O)Nc1ccccc1)c1ccccc1Cl. The Morgan fingerprint density at radius 2 is 1.68 bits per heavy atom. The average Bonchev–Trinajstić information content (AvgIpc) is 2.50. The number of hydrogen-bond donors (Lipinski definition) is 1. The third-order valence-corrected chi connectivity index (χ3v) is 3.46. The number of carbonyl (C=O) groups is 2. The molecule has 22 heavy (non-hydrogen) atoms. The number of anilines is 2. The molecule has 0 saturated carbocycles. The molecule has 0 radical (unpaired) electrons. The van der Waals surface area contributed by atoms with E-state index in [4.69, 9.17) is 11.6 Å². The standard InChI is InChI=1S/C17H17ClN2O2/c1-13(21)20(16-10-6-5-9-15(16)18)12-11-17(22)19-14-7-3-2-4-8-14/h2-10H,11-12H2,1H3,(H,19,22). The Balaban J connectivity index is 1.99. The fourth-order valence-electron chi connectivity index (χ4n) is 2.08. The van der Waals surface area contributed by atoms with Crippen LogP contribution >= 0.6 is 11.6 Å². The number of nitrogens with one attached hydrogen (secondary N) is 1. The van der Waals surface area contributed by atoms with E-state index in [9.17, 15) is 9.59 Å². The van der Waals surface area contributed by atoms with Crippen molar-refractivity contribution < 1.29 is 9.59 Å². The van der Waals surface area contributed by atoms with Gasteiger partial charge in [-0.05, 0) is 24.3 Å². The number of para-hydroxylation sites is 2. The molecule has 2 aromatic carbocycles. The summed E-state index contributed by atoms with van der Waals surface area (Å²) in [6.45, 7) is 1.73. The van der Waals surface area contributed by atoms with E-state index in [0.717, 1.165) is 5.69 Å². The Kier molecular flexibility index (Phi) is 5.55. The Morgan fingerprint density at radius 1 is 1.05 bits per heavy atom. The zero-order valence-corrected chi connectivity index (χ0v) is 13.0. The summed E-state index contributed by atoms with van der Waals surface area (Å²) in [5, 5.41) is 3.28. The van der Waals surface area contributed by atoms with E-state index < -0.39 is 0 Å². The topological polar surface area (TPSA) is 49.4 Å². The third kappa shape index (κ3) is 4.33. The predicted octanol–water partition coefficient (Wildman–Crippen LogP) is 3.72. The maximum atomic E-state index is 12.0. The van der Waals surface area contributed by atoms with E-state index >= 15 is 0 Å². The molecule has 114 valence electrons. The summed E-state index contributed by atoms with van der Waals surface area (Å²) in [7, 11) is 0.